The van der Waals surface area contributed by atoms with E-state index in [4.69, 9.17) is 0 Å². The van der Waals surface area contributed by atoms with E-state index in [-0.39, 0.29) is 5.75 Å². The molecule has 0 aromatic heterocycles. The summed E-state index contributed by atoms with van der Waals surface area (Å²) in [5, 5.41) is 0. The Morgan fingerprint density at radius 1 is 1.05 bits per heavy atom. The minimum absolute atomic E-state index is 0.185. The number of alkyl halides is 3. The van der Waals surface area contributed by atoms with Gasteiger partial charge in [-0.15, -0.1) is 13.2 Å². The highest BCUT2D eigenvalue weighted by atomic mass is 127. The third-order valence-corrected chi connectivity index (χ3v) is 3.79. The van der Waals surface area contributed by atoms with E-state index >= 15 is 0 Å². The number of rotatable bonds is 2. The van der Waals surface area contributed by atoms with Gasteiger partial charge in [0.1, 0.15) is 5.75 Å². The lowest BCUT2D eigenvalue weighted by Gasteiger charge is -2.13. The quantitative estimate of drug-likeness (QED) is 0.656. The van der Waals surface area contributed by atoms with Gasteiger partial charge in [0, 0.05) is 9.13 Å². The Morgan fingerprint density at radius 3 is 2.37 bits per heavy atom. The second-order valence-corrected chi connectivity index (χ2v) is 5.17. The van der Waals surface area contributed by atoms with Crippen LogP contribution >= 0.6 is 22.6 Å². The maximum Gasteiger partial charge on any atom is 0.573 e. The van der Waals surface area contributed by atoms with Crippen LogP contribution in [0.1, 0.15) is 5.56 Å². The molecule has 0 aliphatic rings. The predicted octanol–water partition coefficient (Wildman–Crippen LogP) is 5.17. The fourth-order valence-electron chi connectivity index (χ4n) is 1.73. The van der Waals surface area contributed by atoms with Gasteiger partial charge >= 0.3 is 6.36 Å². The van der Waals surface area contributed by atoms with E-state index in [1.165, 1.54) is 12.1 Å². The van der Waals surface area contributed by atoms with Crippen LogP contribution < -0.4 is 4.74 Å². The first kappa shape index (κ1) is 14.2. The fraction of sp³-hybridized carbons (Fsp3) is 0.143. The van der Waals surface area contributed by atoms with E-state index < -0.39 is 6.36 Å². The fourth-order valence-corrected chi connectivity index (χ4v) is 2.07. The van der Waals surface area contributed by atoms with Crippen LogP contribution in [0.2, 0.25) is 0 Å². The average molecular weight is 378 g/mol. The summed E-state index contributed by atoms with van der Waals surface area (Å²) in [5.74, 6) is -0.185. The molecule has 0 unspecified atom stereocenters. The molecule has 2 aromatic rings. The van der Waals surface area contributed by atoms with Crippen LogP contribution in [0, 0.1) is 10.5 Å². The number of para-hydroxylation sites is 1. The Bertz CT molecular complexity index is 593. The molecule has 1 nitrogen and oxygen atoms in total. The molecule has 0 amide bonds. The molecule has 0 bridgehead atoms. The third kappa shape index (κ3) is 3.62. The lowest BCUT2D eigenvalue weighted by molar-refractivity contribution is -0.274. The van der Waals surface area contributed by atoms with Crippen LogP contribution in [0.4, 0.5) is 13.2 Å². The van der Waals surface area contributed by atoms with E-state index in [2.05, 4.69) is 27.3 Å². The molecule has 19 heavy (non-hydrogen) atoms. The molecule has 0 radical (unpaired) electrons. The molecule has 100 valence electrons. The highest BCUT2D eigenvalue weighted by molar-refractivity contribution is 14.1. The Labute approximate surface area is 122 Å². The minimum atomic E-state index is -4.69. The van der Waals surface area contributed by atoms with Gasteiger partial charge in [0.2, 0.25) is 0 Å². The van der Waals surface area contributed by atoms with Crippen LogP contribution in [-0.2, 0) is 0 Å². The molecule has 0 fully saturated rings. The van der Waals surface area contributed by atoms with Crippen molar-refractivity contribution in [3.8, 4) is 16.9 Å². The predicted molar refractivity (Wildman–Crippen MR) is 76.0 cm³/mol. The normalized spacial score (nSPS) is 11.4. The largest absolute Gasteiger partial charge is 0.573 e. The monoisotopic (exact) mass is 378 g/mol. The van der Waals surface area contributed by atoms with Crippen molar-refractivity contribution in [1.82, 2.24) is 0 Å². The first-order valence-electron chi connectivity index (χ1n) is 5.48. The molecule has 0 aliphatic heterocycles. The van der Waals surface area contributed by atoms with E-state index in [1.807, 2.05) is 19.1 Å². The van der Waals surface area contributed by atoms with Crippen molar-refractivity contribution in [2.45, 2.75) is 13.3 Å². The van der Waals surface area contributed by atoms with Crippen molar-refractivity contribution < 1.29 is 17.9 Å². The average Bonchev–Trinajstić information content (AvgIpc) is 2.31. The number of benzene rings is 2. The molecule has 2 rings (SSSR count). The molecule has 5 heteroatoms. The summed E-state index contributed by atoms with van der Waals surface area (Å²) in [6.07, 6.45) is -4.69. The summed E-state index contributed by atoms with van der Waals surface area (Å²) in [4.78, 5) is 0. The highest BCUT2D eigenvalue weighted by Gasteiger charge is 2.32. The zero-order valence-electron chi connectivity index (χ0n) is 9.96. The van der Waals surface area contributed by atoms with Gasteiger partial charge in [-0.2, -0.15) is 0 Å². The van der Waals surface area contributed by atoms with Crippen LogP contribution in [0.3, 0.4) is 0 Å². The summed E-state index contributed by atoms with van der Waals surface area (Å²) in [6.45, 7) is 1.92. The number of aryl methyl sites for hydroxylation is 1. The SMILES string of the molecule is Cc1cc(-c2ccccc2OC(F)(F)F)ccc1I. The number of halogens is 4. The topological polar surface area (TPSA) is 9.23 Å². The van der Waals surface area contributed by atoms with Crippen molar-refractivity contribution >= 4 is 22.6 Å². The summed E-state index contributed by atoms with van der Waals surface area (Å²) in [6, 6.07) is 11.6. The van der Waals surface area contributed by atoms with Crippen LogP contribution in [-0.4, -0.2) is 6.36 Å². The molecular formula is C14H10F3IO. The van der Waals surface area contributed by atoms with E-state index in [9.17, 15) is 13.2 Å². The Morgan fingerprint density at radius 2 is 1.74 bits per heavy atom. The van der Waals surface area contributed by atoms with Gasteiger partial charge in [0.05, 0.1) is 0 Å². The zero-order valence-corrected chi connectivity index (χ0v) is 12.1. The molecular weight excluding hydrogens is 368 g/mol. The standard InChI is InChI=1S/C14H10F3IO/c1-9-8-10(6-7-12(9)18)11-4-2-3-5-13(11)19-14(15,16)17/h2-8H,1H3. The summed E-state index contributed by atoms with van der Waals surface area (Å²) >= 11 is 2.18. The van der Waals surface area contributed by atoms with Crippen LogP contribution in [0.15, 0.2) is 42.5 Å². The van der Waals surface area contributed by atoms with Gasteiger partial charge < -0.3 is 4.74 Å². The second kappa shape index (κ2) is 5.40. The van der Waals surface area contributed by atoms with Crippen LogP contribution in [0.25, 0.3) is 11.1 Å². The molecule has 0 saturated heterocycles. The maximum absolute atomic E-state index is 12.4. The van der Waals surface area contributed by atoms with Crippen molar-refractivity contribution in [2.24, 2.45) is 0 Å². The van der Waals surface area contributed by atoms with E-state index in [0.717, 1.165) is 9.13 Å². The molecule has 0 saturated carbocycles. The number of ether oxygens (including phenoxy) is 1. The van der Waals surface area contributed by atoms with Crippen molar-refractivity contribution in [3.63, 3.8) is 0 Å². The summed E-state index contributed by atoms with van der Waals surface area (Å²) in [7, 11) is 0. The minimum Gasteiger partial charge on any atom is -0.405 e. The Hall–Kier alpha value is -1.24. The lowest BCUT2D eigenvalue weighted by Crippen LogP contribution is -2.17. The molecule has 0 N–H and O–H groups in total. The molecule has 0 atom stereocenters. The van der Waals surface area contributed by atoms with Gasteiger partial charge in [-0.1, -0.05) is 30.3 Å². The zero-order chi connectivity index (χ0) is 14.0. The van der Waals surface area contributed by atoms with Crippen molar-refractivity contribution in [3.05, 3.63) is 51.6 Å². The molecule has 0 aliphatic carbocycles. The first-order chi connectivity index (χ1) is 8.87. The van der Waals surface area contributed by atoms with E-state index in [1.54, 1.807) is 18.2 Å². The summed E-state index contributed by atoms with van der Waals surface area (Å²) < 4.78 is 42.2. The highest BCUT2D eigenvalue weighted by Crippen LogP contribution is 2.34. The van der Waals surface area contributed by atoms with Gasteiger partial charge in [-0.05, 0) is 52.8 Å². The van der Waals surface area contributed by atoms with E-state index in [0.29, 0.717) is 11.1 Å². The molecule has 0 heterocycles. The van der Waals surface area contributed by atoms with Crippen LogP contribution in [0.5, 0.6) is 5.75 Å². The van der Waals surface area contributed by atoms with Gasteiger partial charge in [-0.3, -0.25) is 0 Å². The first-order valence-corrected chi connectivity index (χ1v) is 6.56. The number of hydrogen-bond donors (Lipinski definition) is 0. The Kier molecular flexibility index (Phi) is 4.03. The van der Waals surface area contributed by atoms with Crippen molar-refractivity contribution in [1.29, 1.82) is 0 Å². The maximum atomic E-state index is 12.4. The second-order valence-electron chi connectivity index (χ2n) is 4.01. The molecule has 0 spiro atoms. The molecule has 2 aromatic carbocycles. The third-order valence-electron chi connectivity index (χ3n) is 2.58. The van der Waals surface area contributed by atoms with Gasteiger partial charge in [0.15, 0.2) is 0 Å². The van der Waals surface area contributed by atoms with Gasteiger partial charge in [0.25, 0.3) is 0 Å². The van der Waals surface area contributed by atoms with Crippen molar-refractivity contribution in [2.75, 3.05) is 0 Å². The smallest absolute Gasteiger partial charge is 0.405 e. The lowest BCUT2D eigenvalue weighted by atomic mass is 10.0. The summed E-state index contributed by atoms with van der Waals surface area (Å²) in [5.41, 5.74) is 2.15. The van der Waals surface area contributed by atoms with Gasteiger partial charge in [-0.25, -0.2) is 0 Å². The number of hydrogen-bond acceptors (Lipinski definition) is 1. The Balaban J connectivity index is 2.47.